The second-order valence-electron chi connectivity index (χ2n) is 5.97. The van der Waals surface area contributed by atoms with E-state index in [0.717, 1.165) is 22.1 Å². The van der Waals surface area contributed by atoms with Gasteiger partial charge in [0.2, 0.25) is 0 Å². The van der Waals surface area contributed by atoms with E-state index in [4.69, 9.17) is 9.47 Å². The Labute approximate surface area is 158 Å². The minimum absolute atomic E-state index is 0.326. The first kappa shape index (κ1) is 18.5. The molecule has 1 atom stereocenters. The van der Waals surface area contributed by atoms with E-state index in [1.165, 1.54) is 0 Å². The molecule has 0 fully saturated rings. The fourth-order valence-electron chi connectivity index (χ4n) is 2.63. The summed E-state index contributed by atoms with van der Waals surface area (Å²) in [4.78, 5) is 12.2. The number of rotatable bonds is 7. The van der Waals surface area contributed by atoms with E-state index in [1.807, 2.05) is 73.7 Å². The topological polar surface area (TPSA) is 59.9 Å². The van der Waals surface area contributed by atoms with Crippen LogP contribution >= 0.6 is 0 Å². The van der Waals surface area contributed by atoms with E-state index in [2.05, 4.69) is 10.5 Å². The molecule has 0 saturated heterocycles. The van der Waals surface area contributed by atoms with Crippen molar-refractivity contribution in [3.63, 3.8) is 0 Å². The minimum Gasteiger partial charge on any atom is -0.493 e. The second-order valence-corrected chi connectivity index (χ2v) is 5.97. The largest absolute Gasteiger partial charge is 0.493 e. The maximum Gasteiger partial charge on any atom is 0.280 e. The summed E-state index contributed by atoms with van der Waals surface area (Å²) < 4.78 is 11.3. The van der Waals surface area contributed by atoms with Crippen LogP contribution in [0.2, 0.25) is 0 Å². The van der Waals surface area contributed by atoms with Gasteiger partial charge in [0.1, 0.15) is 11.5 Å². The van der Waals surface area contributed by atoms with Crippen LogP contribution in [0.3, 0.4) is 0 Å². The van der Waals surface area contributed by atoms with E-state index in [9.17, 15) is 4.79 Å². The molecule has 0 spiro atoms. The van der Waals surface area contributed by atoms with Crippen LogP contribution in [0.1, 0.15) is 19.4 Å². The molecule has 0 heterocycles. The van der Waals surface area contributed by atoms with Gasteiger partial charge in [-0.2, -0.15) is 5.10 Å². The fraction of sp³-hybridized carbons (Fsp3) is 0.182. The highest BCUT2D eigenvalue weighted by Crippen LogP contribution is 2.21. The number of carbonyl (C=O) groups is 1. The third kappa shape index (κ3) is 4.85. The van der Waals surface area contributed by atoms with Gasteiger partial charge < -0.3 is 9.47 Å². The molecule has 27 heavy (non-hydrogen) atoms. The molecule has 5 heteroatoms. The Bertz CT molecular complexity index is 953. The minimum atomic E-state index is -0.676. The maximum atomic E-state index is 12.2. The summed E-state index contributed by atoms with van der Waals surface area (Å²) in [6, 6.07) is 21.2. The van der Waals surface area contributed by atoms with Crippen molar-refractivity contribution in [3.8, 4) is 11.5 Å². The molecule has 0 aromatic heterocycles. The molecule has 3 aromatic rings. The molecule has 0 unspecified atom stereocenters. The average molecular weight is 362 g/mol. The molecule has 0 saturated carbocycles. The third-order valence-electron chi connectivity index (χ3n) is 4.00. The number of para-hydroxylation sites is 1. The van der Waals surface area contributed by atoms with Crippen molar-refractivity contribution >= 4 is 22.9 Å². The van der Waals surface area contributed by atoms with Gasteiger partial charge >= 0.3 is 0 Å². The number of nitrogens with one attached hydrogen (secondary N) is 1. The van der Waals surface area contributed by atoms with Crippen molar-refractivity contribution in [2.75, 3.05) is 6.61 Å². The molecule has 138 valence electrons. The molecule has 0 bridgehead atoms. The van der Waals surface area contributed by atoms with Gasteiger partial charge in [-0.25, -0.2) is 5.43 Å². The van der Waals surface area contributed by atoms with Crippen LogP contribution in [0.5, 0.6) is 11.5 Å². The zero-order valence-corrected chi connectivity index (χ0v) is 15.4. The maximum absolute atomic E-state index is 12.2. The number of carbonyl (C=O) groups excluding carboxylic acids is 1. The Hall–Kier alpha value is -3.34. The highest BCUT2D eigenvalue weighted by molar-refractivity contribution is 5.87. The molecule has 0 radical (unpaired) electrons. The molecule has 3 aromatic carbocycles. The number of ether oxygens (including phenoxy) is 2. The molecule has 0 aliphatic carbocycles. The summed E-state index contributed by atoms with van der Waals surface area (Å²) in [6.45, 7) is 4.17. The van der Waals surface area contributed by atoms with Crippen molar-refractivity contribution in [1.29, 1.82) is 0 Å². The number of benzene rings is 3. The first-order valence-electron chi connectivity index (χ1n) is 8.87. The average Bonchev–Trinajstić information content (AvgIpc) is 2.69. The summed E-state index contributed by atoms with van der Waals surface area (Å²) in [6.07, 6.45) is 0.886. The van der Waals surface area contributed by atoms with Crippen molar-refractivity contribution in [1.82, 2.24) is 5.43 Å². The van der Waals surface area contributed by atoms with Gasteiger partial charge in [0.15, 0.2) is 6.10 Å². The van der Waals surface area contributed by atoms with E-state index < -0.39 is 6.10 Å². The van der Waals surface area contributed by atoms with Crippen LogP contribution in [0, 0.1) is 0 Å². The Morgan fingerprint density at radius 3 is 2.63 bits per heavy atom. The number of hydrogen-bond donors (Lipinski definition) is 1. The first-order chi connectivity index (χ1) is 13.2. The SMILES string of the molecule is CCOc1ccccc1C=NNC(=O)[C@@H](C)Oc1ccc2ccccc2c1. The molecule has 1 N–H and O–H groups in total. The van der Waals surface area contributed by atoms with Crippen LogP contribution in [-0.2, 0) is 4.79 Å². The summed E-state index contributed by atoms with van der Waals surface area (Å²) in [5.74, 6) is 1.04. The van der Waals surface area contributed by atoms with E-state index in [1.54, 1.807) is 13.1 Å². The molecular weight excluding hydrogens is 340 g/mol. The van der Waals surface area contributed by atoms with E-state index >= 15 is 0 Å². The number of fused-ring (bicyclic) bond motifs is 1. The quantitative estimate of drug-likeness (QED) is 0.507. The Morgan fingerprint density at radius 1 is 1.07 bits per heavy atom. The Kier molecular flexibility index (Phi) is 6.05. The third-order valence-corrected chi connectivity index (χ3v) is 4.00. The van der Waals surface area contributed by atoms with Crippen molar-refractivity contribution < 1.29 is 14.3 Å². The normalized spacial score (nSPS) is 12.1. The summed E-state index contributed by atoms with van der Waals surface area (Å²) in [5.41, 5.74) is 3.30. The Morgan fingerprint density at radius 2 is 1.81 bits per heavy atom. The van der Waals surface area contributed by atoms with Gasteiger partial charge in [0.25, 0.3) is 5.91 Å². The lowest BCUT2D eigenvalue weighted by atomic mass is 10.1. The number of hydrazone groups is 1. The molecule has 3 rings (SSSR count). The zero-order chi connectivity index (χ0) is 19.1. The van der Waals surface area contributed by atoms with Gasteiger partial charge in [0.05, 0.1) is 12.8 Å². The van der Waals surface area contributed by atoms with Crippen LogP contribution in [0.4, 0.5) is 0 Å². The fourth-order valence-corrected chi connectivity index (χ4v) is 2.63. The summed E-state index contributed by atoms with van der Waals surface area (Å²) in [7, 11) is 0. The van der Waals surface area contributed by atoms with Crippen LogP contribution in [-0.4, -0.2) is 24.8 Å². The van der Waals surface area contributed by atoms with E-state index in [-0.39, 0.29) is 5.91 Å². The molecule has 1 amide bonds. The molecule has 5 nitrogen and oxygen atoms in total. The number of hydrogen-bond acceptors (Lipinski definition) is 4. The first-order valence-corrected chi connectivity index (χ1v) is 8.87. The van der Waals surface area contributed by atoms with Crippen LogP contribution < -0.4 is 14.9 Å². The zero-order valence-electron chi connectivity index (χ0n) is 15.4. The molecule has 0 aliphatic rings. The highest BCUT2D eigenvalue weighted by atomic mass is 16.5. The van der Waals surface area contributed by atoms with Crippen molar-refractivity contribution in [3.05, 3.63) is 72.3 Å². The van der Waals surface area contributed by atoms with Gasteiger partial charge in [-0.1, -0.05) is 42.5 Å². The monoisotopic (exact) mass is 362 g/mol. The summed E-state index contributed by atoms with van der Waals surface area (Å²) in [5, 5.41) is 6.20. The highest BCUT2D eigenvalue weighted by Gasteiger charge is 2.14. The van der Waals surface area contributed by atoms with Gasteiger partial charge in [-0.3, -0.25) is 4.79 Å². The van der Waals surface area contributed by atoms with Gasteiger partial charge in [-0.15, -0.1) is 0 Å². The molecule has 0 aliphatic heterocycles. The smallest absolute Gasteiger partial charge is 0.280 e. The second kappa shape index (κ2) is 8.85. The summed E-state index contributed by atoms with van der Waals surface area (Å²) >= 11 is 0. The van der Waals surface area contributed by atoms with Gasteiger partial charge in [-0.05, 0) is 48.9 Å². The van der Waals surface area contributed by atoms with Crippen LogP contribution in [0.25, 0.3) is 10.8 Å². The van der Waals surface area contributed by atoms with Gasteiger partial charge in [0, 0.05) is 5.56 Å². The predicted molar refractivity (Wildman–Crippen MR) is 107 cm³/mol. The lowest BCUT2D eigenvalue weighted by molar-refractivity contribution is -0.127. The lowest BCUT2D eigenvalue weighted by Crippen LogP contribution is -2.33. The number of nitrogens with zero attached hydrogens (tertiary/aromatic N) is 1. The lowest BCUT2D eigenvalue weighted by Gasteiger charge is -2.13. The van der Waals surface area contributed by atoms with Crippen LogP contribution in [0.15, 0.2) is 71.8 Å². The number of amides is 1. The standard InChI is InChI=1S/C22H22N2O3/c1-3-26-21-11-7-6-10-19(21)15-23-24-22(25)16(2)27-20-13-12-17-8-4-5-9-18(17)14-20/h4-16H,3H2,1-2H3,(H,24,25)/t16-/m1/s1. The Balaban J connectivity index is 1.60. The predicted octanol–water partition coefficient (Wildman–Crippen LogP) is 4.16. The van der Waals surface area contributed by atoms with Crippen molar-refractivity contribution in [2.45, 2.75) is 20.0 Å². The molecular formula is C22H22N2O3. The van der Waals surface area contributed by atoms with Crippen molar-refractivity contribution in [2.24, 2.45) is 5.10 Å². The van der Waals surface area contributed by atoms with E-state index in [0.29, 0.717) is 12.4 Å².